The van der Waals surface area contributed by atoms with E-state index in [0.717, 1.165) is 23.5 Å². The van der Waals surface area contributed by atoms with E-state index >= 15 is 0 Å². The van der Waals surface area contributed by atoms with Crippen LogP contribution in [0.5, 0.6) is 5.75 Å². The highest BCUT2D eigenvalue weighted by atomic mass is 16.5. The van der Waals surface area contributed by atoms with Crippen molar-refractivity contribution in [3.05, 3.63) is 23.8 Å². The second-order valence-electron chi connectivity index (χ2n) is 6.76. The lowest BCUT2D eigenvalue weighted by Crippen LogP contribution is -2.38. The lowest BCUT2D eigenvalue weighted by Gasteiger charge is -2.38. The monoisotopic (exact) mass is 275 g/mol. The molecule has 3 atom stereocenters. The number of nitrogens with one attached hydrogen (secondary N) is 1. The fraction of sp³-hybridized carbons (Fsp3) is 0.667. The van der Waals surface area contributed by atoms with Gasteiger partial charge in [0.15, 0.2) is 0 Å². The first-order valence-electron chi connectivity index (χ1n) is 7.92. The predicted molar refractivity (Wildman–Crippen MR) is 86.5 cm³/mol. The third-order valence-corrected chi connectivity index (χ3v) is 4.80. The highest BCUT2D eigenvalue weighted by Crippen LogP contribution is 2.36. The molecule has 1 aliphatic carbocycles. The molecule has 1 aromatic rings. The zero-order valence-corrected chi connectivity index (χ0v) is 13.6. The Morgan fingerprint density at radius 2 is 2.00 bits per heavy atom. The van der Waals surface area contributed by atoms with Gasteiger partial charge in [-0.2, -0.15) is 0 Å². The van der Waals surface area contributed by atoms with Crippen molar-refractivity contribution in [2.75, 3.05) is 12.4 Å². The Morgan fingerprint density at radius 3 is 2.60 bits per heavy atom. The average Bonchev–Trinajstić information content (AvgIpc) is 2.40. The van der Waals surface area contributed by atoms with Crippen molar-refractivity contribution in [1.82, 2.24) is 0 Å². The molecule has 0 aromatic heterocycles. The van der Waals surface area contributed by atoms with Crippen LogP contribution in [0, 0.1) is 24.7 Å². The molecule has 1 aromatic carbocycles. The molecule has 20 heavy (non-hydrogen) atoms. The van der Waals surface area contributed by atoms with Gasteiger partial charge in [-0.25, -0.2) is 0 Å². The van der Waals surface area contributed by atoms with Crippen LogP contribution in [0.3, 0.4) is 0 Å². The molecule has 1 saturated carbocycles. The SMILES string of the molecule is COc1ccc(NC2CC(C)CCC2C(C)C)c(C)c1. The first kappa shape index (κ1) is 15.2. The fourth-order valence-electron chi connectivity index (χ4n) is 3.49. The minimum absolute atomic E-state index is 0.603. The number of anilines is 1. The van der Waals surface area contributed by atoms with E-state index in [4.69, 9.17) is 4.74 Å². The molecule has 2 heteroatoms. The molecule has 112 valence electrons. The van der Waals surface area contributed by atoms with Gasteiger partial charge in [-0.1, -0.05) is 27.2 Å². The third kappa shape index (κ3) is 3.47. The molecule has 1 N–H and O–H groups in total. The van der Waals surface area contributed by atoms with Crippen LogP contribution < -0.4 is 10.1 Å². The zero-order chi connectivity index (χ0) is 14.7. The summed E-state index contributed by atoms with van der Waals surface area (Å²) < 4.78 is 5.29. The molecule has 2 rings (SSSR count). The van der Waals surface area contributed by atoms with E-state index < -0.39 is 0 Å². The van der Waals surface area contributed by atoms with Crippen LogP contribution in [-0.4, -0.2) is 13.2 Å². The summed E-state index contributed by atoms with van der Waals surface area (Å²) in [5.41, 5.74) is 2.53. The first-order chi connectivity index (χ1) is 9.51. The van der Waals surface area contributed by atoms with Crippen molar-refractivity contribution in [2.45, 2.75) is 53.0 Å². The Morgan fingerprint density at radius 1 is 1.25 bits per heavy atom. The largest absolute Gasteiger partial charge is 0.497 e. The van der Waals surface area contributed by atoms with Crippen molar-refractivity contribution in [1.29, 1.82) is 0 Å². The number of methoxy groups -OCH3 is 1. The van der Waals surface area contributed by atoms with Crippen molar-refractivity contribution in [3.63, 3.8) is 0 Å². The van der Waals surface area contributed by atoms with Crippen LogP contribution in [-0.2, 0) is 0 Å². The van der Waals surface area contributed by atoms with Crippen LogP contribution in [0.2, 0.25) is 0 Å². The van der Waals surface area contributed by atoms with E-state index in [1.807, 2.05) is 6.07 Å². The fourth-order valence-corrected chi connectivity index (χ4v) is 3.49. The maximum absolute atomic E-state index is 5.29. The van der Waals surface area contributed by atoms with Crippen LogP contribution in [0.15, 0.2) is 18.2 Å². The van der Waals surface area contributed by atoms with Crippen molar-refractivity contribution >= 4 is 5.69 Å². The summed E-state index contributed by atoms with van der Waals surface area (Å²) >= 11 is 0. The van der Waals surface area contributed by atoms with Crippen molar-refractivity contribution < 1.29 is 4.74 Å². The molecule has 0 aliphatic heterocycles. The van der Waals surface area contributed by atoms with Crippen LogP contribution >= 0.6 is 0 Å². The minimum Gasteiger partial charge on any atom is -0.497 e. The van der Waals surface area contributed by atoms with E-state index in [0.29, 0.717) is 6.04 Å². The summed E-state index contributed by atoms with van der Waals surface area (Å²) in [6.07, 6.45) is 4.02. The van der Waals surface area contributed by atoms with Gasteiger partial charge in [-0.05, 0) is 61.3 Å². The summed E-state index contributed by atoms with van der Waals surface area (Å²) in [5, 5.41) is 3.81. The van der Waals surface area contributed by atoms with Gasteiger partial charge in [0.2, 0.25) is 0 Å². The van der Waals surface area contributed by atoms with Crippen LogP contribution in [0.1, 0.15) is 45.6 Å². The minimum atomic E-state index is 0.603. The Bertz CT molecular complexity index is 441. The molecule has 1 aliphatic rings. The maximum atomic E-state index is 5.29. The molecule has 0 amide bonds. The molecule has 0 radical (unpaired) electrons. The Hall–Kier alpha value is -1.18. The van der Waals surface area contributed by atoms with E-state index in [9.17, 15) is 0 Å². The number of hydrogen-bond acceptors (Lipinski definition) is 2. The molecule has 0 spiro atoms. The lowest BCUT2D eigenvalue weighted by atomic mass is 9.74. The lowest BCUT2D eigenvalue weighted by molar-refractivity contribution is 0.212. The highest BCUT2D eigenvalue weighted by Gasteiger charge is 2.30. The summed E-state index contributed by atoms with van der Waals surface area (Å²) in [5.74, 6) is 3.30. The van der Waals surface area contributed by atoms with Crippen LogP contribution in [0.25, 0.3) is 0 Å². The first-order valence-corrected chi connectivity index (χ1v) is 7.92. The average molecular weight is 275 g/mol. The molecular formula is C18H29NO. The molecule has 0 bridgehead atoms. The van der Waals surface area contributed by atoms with Gasteiger partial charge in [-0.3, -0.25) is 0 Å². The summed E-state index contributed by atoms with van der Waals surface area (Å²) in [6, 6.07) is 6.92. The standard InChI is InChI=1S/C18H29NO/c1-12(2)16-8-6-13(3)10-18(16)19-17-9-7-15(20-5)11-14(17)4/h7,9,11-13,16,18-19H,6,8,10H2,1-5H3. The number of aryl methyl sites for hydroxylation is 1. The van der Waals surface area contributed by atoms with Gasteiger partial charge in [0.05, 0.1) is 7.11 Å². The summed E-state index contributed by atoms with van der Waals surface area (Å²) in [6.45, 7) is 9.25. The van der Waals surface area contributed by atoms with E-state index in [-0.39, 0.29) is 0 Å². The second kappa shape index (κ2) is 6.51. The molecule has 3 unspecified atom stereocenters. The Balaban J connectivity index is 2.13. The van der Waals surface area contributed by atoms with Gasteiger partial charge in [0.1, 0.15) is 5.75 Å². The van der Waals surface area contributed by atoms with E-state index in [1.165, 1.54) is 30.5 Å². The number of rotatable bonds is 4. The number of ether oxygens (including phenoxy) is 1. The third-order valence-electron chi connectivity index (χ3n) is 4.80. The van der Waals surface area contributed by atoms with Gasteiger partial charge < -0.3 is 10.1 Å². The normalized spacial score (nSPS) is 26.6. The highest BCUT2D eigenvalue weighted by molar-refractivity contribution is 5.54. The number of benzene rings is 1. The van der Waals surface area contributed by atoms with E-state index in [2.05, 4.69) is 45.1 Å². The molecular weight excluding hydrogens is 246 g/mol. The Kier molecular flexibility index (Phi) is 4.95. The maximum Gasteiger partial charge on any atom is 0.119 e. The van der Waals surface area contributed by atoms with E-state index in [1.54, 1.807) is 7.11 Å². The predicted octanol–water partition coefficient (Wildman–Crippen LogP) is 4.88. The van der Waals surface area contributed by atoms with Gasteiger partial charge in [0.25, 0.3) is 0 Å². The van der Waals surface area contributed by atoms with Crippen LogP contribution in [0.4, 0.5) is 5.69 Å². The second-order valence-corrected chi connectivity index (χ2v) is 6.76. The molecule has 0 saturated heterocycles. The van der Waals surface area contributed by atoms with Gasteiger partial charge >= 0.3 is 0 Å². The quantitative estimate of drug-likeness (QED) is 0.846. The Labute approximate surface area is 123 Å². The number of hydrogen-bond donors (Lipinski definition) is 1. The van der Waals surface area contributed by atoms with Gasteiger partial charge in [0, 0.05) is 11.7 Å². The van der Waals surface area contributed by atoms with Gasteiger partial charge in [-0.15, -0.1) is 0 Å². The summed E-state index contributed by atoms with van der Waals surface area (Å²) in [4.78, 5) is 0. The van der Waals surface area contributed by atoms with Crippen molar-refractivity contribution in [3.8, 4) is 5.75 Å². The summed E-state index contributed by atoms with van der Waals surface area (Å²) in [7, 11) is 1.72. The molecule has 2 nitrogen and oxygen atoms in total. The van der Waals surface area contributed by atoms with Crippen molar-refractivity contribution in [2.24, 2.45) is 17.8 Å². The molecule has 1 fully saturated rings. The zero-order valence-electron chi connectivity index (χ0n) is 13.6. The smallest absolute Gasteiger partial charge is 0.119 e. The molecule has 0 heterocycles. The topological polar surface area (TPSA) is 21.3 Å².